The zero-order chi connectivity index (χ0) is 94.7. The van der Waals surface area contributed by atoms with Crippen LogP contribution in [0.3, 0.4) is 0 Å². The number of benzene rings is 9. The quantitative estimate of drug-likeness (QED) is 0.0174. The van der Waals surface area contributed by atoms with Crippen molar-refractivity contribution in [3.8, 4) is 22.7 Å². The number of aryl methyl sites for hydroxylation is 4. The zero-order valence-electron chi connectivity index (χ0n) is 77.7. The van der Waals surface area contributed by atoms with E-state index in [1.807, 2.05) is 234 Å². The first-order valence-electron chi connectivity index (χ1n) is 47.3. The standard InChI is InChI=1S/C29H31N5O.2C27H30N6O.C26H28N6OS/c1-20-15-27(34(33-20)26-12-5-7-22(16-26)18-30)29(35)32-25-11-6-10-24(17-25)28(31-19-21-13-14-21)23-8-3-2-4-9-23;1-18-12-25(33(32-18)24-7-2-4-20(13-24)15-28)27(34)31-23-6-3-5-21(14-23)26(22-10-11-29-17-22)30-16-19-8-9-19;1-19-14-26(33(31-19)24-7-2-4-21(15-24)17-28)27(34)30-23-6-3-5-22(16-23)25(11-10-20-8-9-20)32-13-12-29-18-32;1-17-12-23(32(31-17)22-7-2-4-19(13-22)15-27)25(33)30-21-6-3-5-20(14-21)24(26-28-10-11-34-26)29-16-18-8-9-18/h2-12,15-17,21,28,31H,13-14,18-19,30H2,1H3,(H,32,35);2-7,10-14,17,19,26,29-30H,8-9,15-16,28H2,1H3,(H,31,34);2-7,12-16,18,20,25H,8-11,17,28H2,1H3,(H,30,34);2-7,10-14,18,24,29H,8-9,15-16,27H2,1H3,(H,30,33). The maximum atomic E-state index is 13.3. The molecule has 4 aliphatic carbocycles. The largest absolute Gasteiger partial charge is 0.367 e. The fraction of sp³-hybridized carbons (Fsp3) is 0.266. The molecule has 0 spiro atoms. The number of nitrogens with one attached hydrogen (secondary N) is 8. The molecule has 4 aliphatic rings. The third kappa shape index (κ3) is 25.2. The van der Waals surface area contributed by atoms with Crippen molar-refractivity contribution in [3.05, 3.63) is 404 Å². The number of rotatable bonds is 36. The predicted octanol–water partition coefficient (Wildman–Crippen LogP) is 18.6. The fourth-order valence-corrected chi connectivity index (χ4v) is 17.7. The van der Waals surface area contributed by atoms with Crippen LogP contribution in [0.15, 0.2) is 297 Å². The average molecular weight is 1850 g/mol. The van der Waals surface area contributed by atoms with Crippen LogP contribution in [0.5, 0.6) is 0 Å². The van der Waals surface area contributed by atoms with Crippen molar-refractivity contribution in [2.45, 2.75) is 142 Å². The molecular weight excluding hydrogens is 1730 g/mol. The Morgan fingerprint density at radius 2 is 0.730 bits per heavy atom. The van der Waals surface area contributed by atoms with Crippen molar-refractivity contribution in [3.63, 3.8) is 0 Å². The van der Waals surface area contributed by atoms with Crippen LogP contribution in [0.1, 0.15) is 214 Å². The number of H-pyrrole nitrogens is 1. The Labute approximate surface area is 802 Å². The van der Waals surface area contributed by atoms with Crippen LogP contribution in [0.4, 0.5) is 22.7 Å². The van der Waals surface area contributed by atoms with Gasteiger partial charge < -0.3 is 69.7 Å². The molecule has 4 fully saturated rings. The van der Waals surface area contributed by atoms with Gasteiger partial charge in [0.05, 0.1) is 76.0 Å². The molecular formula is C109H119N23O4S. The number of hydrogen-bond acceptors (Lipinski definition) is 18. The molecule has 16 N–H and O–H groups in total. The lowest BCUT2D eigenvalue weighted by Crippen LogP contribution is -2.25. The van der Waals surface area contributed by atoms with Gasteiger partial charge in [-0.3, -0.25) is 19.2 Å². The summed E-state index contributed by atoms with van der Waals surface area (Å²) in [7, 11) is 0. The van der Waals surface area contributed by atoms with Gasteiger partial charge in [-0.05, 0) is 305 Å². The molecule has 4 amide bonds. The van der Waals surface area contributed by atoms with Gasteiger partial charge >= 0.3 is 0 Å². The van der Waals surface area contributed by atoms with Gasteiger partial charge in [-0.1, -0.05) is 140 Å². The summed E-state index contributed by atoms with van der Waals surface area (Å²) in [6, 6.07) is 83.4. The lowest BCUT2D eigenvalue weighted by atomic mass is 9.98. The fourth-order valence-electron chi connectivity index (χ4n) is 17.0. The molecule has 7 heterocycles. The van der Waals surface area contributed by atoms with Crippen molar-refractivity contribution in [2.75, 3.05) is 40.9 Å². The van der Waals surface area contributed by atoms with Gasteiger partial charge in [0.15, 0.2) is 0 Å². The topological polar surface area (TPSA) is 374 Å². The van der Waals surface area contributed by atoms with Crippen molar-refractivity contribution in [1.29, 1.82) is 0 Å². The lowest BCUT2D eigenvalue weighted by molar-refractivity contribution is 0.101. The molecule has 0 radical (unpaired) electrons. The van der Waals surface area contributed by atoms with Crippen LogP contribution < -0.4 is 60.2 Å². The van der Waals surface area contributed by atoms with E-state index >= 15 is 0 Å². The Kier molecular flexibility index (Phi) is 30.8. The van der Waals surface area contributed by atoms with Gasteiger partial charge in [0.1, 0.15) is 27.8 Å². The first-order valence-corrected chi connectivity index (χ1v) is 48.1. The van der Waals surface area contributed by atoms with Crippen molar-refractivity contribution >= 4 is 57.7 Å². The average Bonchev–Trinajstić information content (AvgIpc) is 1.69. The van der Waals surface area contributed by atoms with E-state index in [-0.39, 0.29) is 47.8 Å². The number of carbonyl (C=O) groups excluding carboxylic acids is 4. The van der Waals surface area contributed by atoms with E-state index in [0.717, 1.165) is 168 Å². The predicted molar refractivity (Wildman–Crippen MR) is 542 cm³/mol. The van der Waals surface area contributed by atoms with E-state index < -0.39 is 0 Å². The lowest BCUT2D eigenvalue weighted by Gasteiger charge is -2.21. The molecule has 27 nitrogen and oxygen atoms in total. The van der Waals surface area contributed by atoms with E-state index in [1.165, 1.54) is 68.9 Å². The van der Waals surface area contributed by atoms with Gasteiger partial charge in [-0.2, -0.15) is 20.4 Å². The Bertz CT molecular complexity index is 6270. The number of carbonyl (C=O) groups is 4. The van der Waals surface area contributed by atoms with Gasteiger partial charge in [0, 0.05) is 85.3 Å². The van der Waals surface area contributed by atoms with Crippen molar-refractivity contribution < 1.29 is 19.2 Å². The minimum atomic E-state index is -0.215. The summed E-state index contributed by atoms with van der Waals surface area (Å²) < 4.78 is 8.86. The Balaban J connectivity index is 0.000000127. The molecule has 137 heavy (non-hydrogen) atoms. The van der Waals surface area contributed by atoms with E-state index in [1.54, 1.807) is 54.3 Å². The monoisotopic (exact) mass is 1850 g/mol. The van der Waals surface area contributed by atoms with Gasteiger partial charge in [0.2, 0.25) is 0 Å². The molecule has 28 heteroatoms. The summed E-state index contributed by atoms with van der Waals surface area (Å²) in [4.78, 5) is 65.2. The van der Waals surface area contributed by atoms with Crippen LogP contribution in [0, 0.1) is 51.4 Å². The summed E-state index contributed by atoms with van der Waals surface area (Å²) >= 11 is 1.64. The SMILES string of the molecule is Cc1cc(C(=O)Nc2cccc(C(CCC3CC3)n3ccnc3)c2)n(-c2cccc(CN)c2)n1.Cc1cc(C(=O)Nc2cccc(C(NCC3CC3)c3cc[nH]c3)c2)n(-c2cccc(CN)c2)n1.Cc1cc(C(=O)Nc2cccc(C(NCC3CC3)c3ccccc3)c2)n(-c2cccc(CN)c2)n1.Cc1cc(C(=O)Nc2cccc(C(NCC3CC3)c3nccs3)c2)n(-c2cccc(CN)c2)n1. The van der Waals surface area contributed by atoms with Crippen LogP contribution in [0.2, 0.25) is 0 Å². The molecule has 700 valence electrons. The third-order valence-electron chi connectivity index (χ3n) is 24.9. The molecule has 0 aliphatic heterocycles. The molecule has 16 aromatic rings. The number of amides is 4. The third-order valence-corrected chi connectivity index (χ3v) is 25.8. The molecule has 4 atom stereocenters. The number of imidazole rings is 1. The molecule has 0 bridgehead atoms. The molecule has 9 aromatic carbocycles. The van der Waals surface area contributed by atoms with Gasteiger partial charge in [-0.25, -0.2) is 28.7 Å². The number of thiazole rings is 1. The van der Waals surface area contributed by atoms with Crippen LogP contribution in [-0.2, 0) is 26.2 Å². The maximum Gasteiger partial charge on any atom is 0.274 e. The van der Waals surface area contributed by atoms with Crippen molar-refractivity contribution in [1.82, 2.24) is 74.6 Å². The Hall–Kier alpha value is -14.5. The van der Waals surface area contributed by atoms with E-state index in [0.29, 0.717) is 49.0 Å². The van der Waals surface area contributed by atoms with Crippen LogP contribution >= 0.6 is 11.3 Å². The van der Waals surface area contributed by atoms with E-state index in [9.17, 15) is 19.2 Å². The maximum absolute atomic E-state index is 13.3. The van der Waals surface area contributed by atoms with E-state index in [4.69, 9.17) is 22.9 Å². The van der Waals surface area contributed by atoms with Gasteiger partial charge in [0.25, 0.3) is 23.6 Å². The minimum Gasteiger partial charge on any atom is -0.367 e. The molecule has 0 saturated heterocycles. The number of nitrogens with zero attached hydrogens (tertiary/aromatic N) is 11. The molecule has 20 rings (SSSR count). The normalized spacial score (nSPS) is 14.1. The summed E-state index contributed by atoms with van der Waals surface area (Å²) in [6.07, 6.45) is 24.2. The highest BCUT2D eigenvalue weighted by molar-refractivity contribution is 7.09. The Morgan fingerprint density at radius 1 is 0.380 bits per heavy atom. The first-order chi connectivity index (χ1) is 66.9. The van der Waals surface area contributed by atoms with Gasteiger partial charge in [-0.15, -0.1) is 11.3 Å². The summed E-state index contributed by atoms with van der Waals surface area (Å²) in [5.74, 6) is 2.32. The number of aromatic amines is 1. The molecule has 4 unspecified atom stereocenters. The van der Waals surface area contributed by atoms with Crippen LogP contribution in [0.25, 0.3) is 22.7 Å². The van der Waals surface area contributed by atoms with Crippen LogP contribution in [-0.4, -0.2) is 102 Å². The number of hydrogen-bond donors (Lipinski definition) is 12. The highest BCUT2D eigenvalue weighted by Gasteiger charge is 2.31. The minimum absolute atomic E-state index is 0.00391. The van der Waals surface area contributed by atoms with Crippen molar-refractivity contribution in [2.24, 2.45) is 46.6 Å². The molecule has 7 aromatic heterocycles. The first kappa shape index (κ1) is 94.3. The van der Waals surface area contributed by atoms with E-state index in [2.05, 4.69) is 144 Å². The Morgan fingerprint density at radius 3 is 1.07 bits per heavy atom. The second kappa shape index (κ2) is 44.8. The summed E-state index contributed by atoms with van der Waals surface area (Å²) in [5, 5.41) is 44.6. The number of anilines is 4. The second-order valence-electron chi connectivity index (χ2n) is 36.0. The second-order valence-corrected chi connectivity index (χ2v) is 36.9. The highest BCUT2D eigenvalue weighted by Crippen LogP contribution is 2.39. The smallest absolute Gasteiger partial charge is 0.274 e. The highest BCUT2D eigenvalue weighted by atomic mass is 32.1. The zero-order valence-corrected chi connectivity index (χ0v) is 78.5. The summed E-state index contributed by atoms with van der Waals surface area (Å²) in [5.41, 5.74) is 45.3. The summed E-state index contributed by atoms with van der Waals surface area (Å²) in [6.45, 7) is 12.2. The number of nitrogens with two attached hydrogens (primary N) is 4. The number of aromatic nitrogens is 12. The molecule has 4 saturated carbocycles.